The first-order valence-corrected chi connectivity index (χ1v) is 30.1. The SMILES string of the molecule is COC(=O)C1CC(=O)CCN1C(=O)OCc1ccccc1.COC(=O)C1CC(F)(F)CCN1C(=O)OC(C)(C)C.COC(=O)C1CC(F)(F)CCN1C(=O)OCc1ccccc1.COC(=O)C1CC(O)CCN1.COC(=O)C1CC(O)CCN1C(=O)OCc1ccccc1. The fourth-order valence-corrected chi connectivity index (χ4v) is 9.87. The molecule has 0 aromatic heterocycles. The van der Waals surface area contributed by atoms with Crippen LogP contribution < -0.4 is 5.32 Å². The molecule has 520 valence electrons. The highest BCUT2D eigenvalue weighted by atomic mass is 19.3. The van der Waals surface area contributed by atoms with E-state index in [4.69, 9.17) is 18.9 Å². The van der Waals surface area contributed by atoms with Crippen LogP contribution in [-0.4, -0.2) is 218 Å². The molecule has 5 fully saturated rings. The van der Waals surface area contributed by atoms with Crippen LogP contribution in [0.25, 0.3) is 0 Å². The molecule has 0 spiro atoms. The number of likely N-dealkylation sites (tertiary alicyclic amines) is 4. The molecular weight excluding hydrogens is 1250 g/mol. The van der Waals surface area contributed by atoms with Crippen molar-refractivity contribution in [3.8, 4) is 0 Å². The molecule has 4 amide bonds. The van der Waals surface area contributed by atoms with Crippen LogP contribution in [0, 0.1) is 0 Å². The lowest BCUT2D eigenvalue weighted by atomic mass is 9.99. The van der Waals surface area contributed by atoms with Gasteiger partial charge in [-0.15, -0.1) is 0 Å². The Morgan fingerprint density at radius 2 is 0.851 bits per heavy atom. The van der Waals surface area contributed by atoms with Crippen molar-refractivity contribution in [2.45, 2.75) is 165 Å². The van der Waals surface area contributed by atoms with Crippen LogP contribution in [0.3, 0.4) is 0 Å². The zero-order valence-corrected chi connectivity index (χ0v) is 53.9. The number of esters is 5. The van der Waals surface area contributed by atoms with E-state index >= 15 is 0 Å². The Bertz CT molecular complexity index is 2950. The summed E-state index contributed by atoms with van der Waals surface area (Å²) >= 11 is 0. The normalized spacial score (nSPS) is 22.0. The largest absolute Gasteiger partial charge is 0.468 e. The molecule has 30 heteroatoms. The number of rotatable bonds is 11. The number of methoxy groups -OCH3 is 5. The number of nitrogens with zero attached hydrogens (tertiary/aromatic N) is 4. The van der Waals surface area contributed by atoms with E-state index in [2.05, 4.69) is 29.0 Å². The van der Waals surface area contributed by atoms with Crippen LogP contribution in [0.4, 0.5) is 36.7 Å². The fraction of sp³-hybridized carbons (Fsp3) is 0.562. The molecule has 26 nitrogen and oxygen atoms in total. The van der Waals surface area contributed by atoms with Crippen LogP contribution in [0.1, 0.15) is 102 Å². The Morgan fingerprint density at radius 3 is 1.24 bits per heavy atom. The van der Waals surface area contributed by atoms with Crippen LogP contribution in [0.2, 0.25) is 0 Å². The Morgan fingerprint density at radius 1 is 0.489 bits per heavy atom. The van der Waals surface area contributed by atoms with Gasteiger partial charge in [0, 0.05) is 71.1 Å². The maximum absolute atomic E-state index is 13.5. The molecule has 0 radical (unpaired) electrons. The van der Waals surface area contributed by atoms with Gasteiger partial charge in [-0.2, -0.15) is 0 Å². The number of carbonyl (C=O) groups excluding carboxylic acids is 10. The molecule has 5 aliphatic heterocycles. The van der Waals surface area contributed by atoms with Crippen molar-refractivity contribution in [3.63, 3.8) is 0 Å². The number of nitrogens with one attached hydrogen (secondary N) is 1. The summed E-state index contributed by atoms with van der Waals surface area (Å²) in [4.78, 5) is 122. The third-order valence-corrected chi connectivity index (χ3v) is 14.9. The Kier molecular flexibility index (Phi) is 31.4. The van der Waals surface area contributed by atoms with E-state index < -0.39 is 122 Å². The summed E-state index contributed by atoms with van der Waals surface area (Å²) in [6.45, 7) is 5.92. The van der Waals surface area contributed by atoms with E-state index in [1.165, 1.54) is 31.1 Å². The van der Waals surface area contributed by atoms with Crippen LogP contribution in [0.15, 0.2) is 91.0 Å². The number of piperidine rings is 5. The molecule has 7 atom stereocenters. The number of halogens is 4. The minimum absolute atomic E-state index is 0.0143. The van der Waals surface area contributed by atoms with E-state index in [1.807, 2.05) is 66.7 Å². The summed E-state index contributed by atoms with van der Waals surface area (Å²) in [5, 5.41) is 21.8. The second kappa shape index (κ2) is 37.9. The molecule has 3 N–H and O–H groups in total. The van der Waals surface area contributed by atoms with Gasteiger partial charge in [0.15, 0.2) is 0 Å². The van der Waals surface area contributed by atoms with Crippen molar-refractivity contribution in [2.75, 3.05) is 68.3 Å². The van der Waals surface area contributed by atoms with E-state index in [1.54, 1.807) is 45.0 Å². The smallest absolute Gasteiger partial charge is 0.411 e. The van der Waals surface area contributed by atoms with Gasteiger partial charge < -0.3 is 58.2 Å². The minimum atomic E-state index is -2.99. The van der Waals surface area contributed by atoms with Gasteiger partial charge in [-0.3, -0.25) is 29.2 Å². The zero-order chi connectivity index (χ0) is 69.8. The molecule has 3 aromatic carbocycles. The quantitative estimate of drug-likeness (QED) is 0.0997. The monoisotopic (exact) mass is 1340 g/mol. The van der Waals surface area contributed by atoms with Gasteiger partial charge in [-0.25, -0.2) is 55.9 Å². The highest BCUT2D eigenvalue weighted by molar-refractivity contribution is 5.91. The van der Waals surface area contributed by atoms with E-state index in [-0.39, 0.29) is 89.2 Å². The first kappa shape index (κ1) is 77.8. The Hall–Kier alpha value is -8.64. The number of Topliss-reactive ketones (excluding diaryl/α,β-unsaturated/α-hetero) is 1. The van der Waals surface area contributed by atoms with E-state index in [0.717, 1.165) is 40.7 Å². The first-order chi connectivity index (χ1) is 44.4. The number of aliphatic hydroxyl groups is 2. The standard InChI is InChI=1S/C15H17F2NO4.C15H19NO5.C15H17NO5.C12H19F2NO4.C7H13NO3/c1-21-13(19)12-9-15(16,17)7-8-18(12)14(20)22-10-11-5-3-2-4-6-11;2*1-20-14(18)13-9-12(17)7-8-16(13)15(19)21-10-11-5-3-2-4-6-11;1-11(2,3)19-10(17)15-6-5-12(13,14)7-8(15)9(16)18-4;1-11-7(10)6-4-5(9)2-3-8-6/h2-6,12H,7-10H2,1H3;2-6,12-13,17H,7-10H2,1H3;2-6,13H,7-10H2,1H3;8H,5-7H2,1-4H3;5-6,8-9H,2-4H2,1H3. The van der Waals surface area contributed by atoms with E-state index in [0.29, 0.717) is 25.8 Å². The summed E-state index contributed by atoms with van der Waals surface area (Å²) < 4.78 is 97.0. The van der Waals surface area contributed by atoms with Crippen molar-refractivity contribution in [1.29, 1.82) is 0 Å². The molecule has 5 aliphatic rings. The second-order valence-electron chi connectivity index (χ2n) is 23.0. The summed E-state index contributed by atoms with van der Waals surface area (Å²) in [6.07, 6.45) is -4.20. The predicted octanol–water partition coefficient (Wildman–Crippen LogP) is 6.91. The van der Waals surface area contributed by atoms with Crippen molar-refractivity contribution < 1.29 is 118 Å². The fourth-order valence-electron chi connectivity index (χ4n) is 9.87. The molecule has 0 saturated carbocycles. The lowest BCUT2D eigenvalue weighted by molar-refractivity contribution is -0.156. The number of aliphatic hydroxyl groups excluding tert-OH is 2. The van der Waals surface area contributed by atoms with Crippen molar-refractivity contribution in [2.24, 2.45) is 0 Å². The number of ketones is 1. The second-order valence-corrected chi connectivity index (χ2v) is 23.0. The summed E-state index contributed by atoms with van der Waals surface area (Å²) in [7, 11) is 6.04. The molecule has 7 unspecified atom stereocenters. The van der Waals surface area contributed by atoms with Gasteiger partial charge >= 0.3 is 54.2 Å². The van der Waals surface area contributed by atoms with Crippen LogP contribution in [-0.2, 0) is 91.2 Å². The highest BCUT2D eigenvalue weighted by Gasteiger charge is 2.48. The number of benzene rings is 3. The van der Waals surface area contributed by atoms with Gasteiger partial charge in [-0.05, 0) is 63.3 Å². The highest BCUT2D eigenvalue weighted by Crippen LogP contribution is 2.35. The molecule has 94 heavy (non-hydrogen) atoms. The topological polar surface area (TPSA) is 319 Å². The molecule has 0 bridgehead atoms. The summed E-state index contributed by atoms with van der Waals surface area (Å²) in [5.41, 5.74) is 1.75. The molecule has 8 rings (SSSR count). The third kappa shape index (κ3) is 26.0. The van der Waals surface area contributed by atoms with Crippen LogP contribution >= 0.6 is 0 Å². The van der Waals surface area contributed by atoms with Gasteiger partial charge in [-0.1, -0.05) is 91.0 Å². The maximum Gasteiger partial charge on any atom is 0.411 e. The lowest BCUT2D eigenvalue weighted by Gasteiger charge is -2.38. The van der Waals surface area contributed by atoms with E-state index in [9.17, 15) is 75.7 Å². The number of carbonyl (C=O) groups is 10. The van der Waals surface area contributed by atoms with Gasteiger partial charge in [0.05, 0.1) is 47.8 Å². The number of amides is 4. The molecule has 0 aliphatic carbocycles. The zero-order valence-electron chi connectivity index (χ0n) is 53.9. The maximum atomic E-state index is 13.5. The number of hydrogen-bond donors (Lipinski definition) is 3. The average Bonchev–Trinajstić information content (AvgIpc) is 0.852. The molecule has 5 heterocycles. The van der Waals surface area contributed by atoms with Crippen molar-refractivity contribution >= 4 is 60.0 Å². The number of alkyl halides is 4. The van der Waals surface area contributed by atoms with Crippen LogP contribution in [0.5, 0.6) is 0 Å². The van der Waals surface area contributed by atoms with Gasteiger partial charge in [0.25, 0.3) is 11.8 Å². The number of hydrogen-bond acceptors (Lipinski definition) is 22. The molecule has 5 saturated heterocycles. The summed E-state index contributed by atoms with van der Waals surface area (Å²) in [6, 6.07) is 22.9. The van der Waals surface area contributed by atoms with Crippen molar-refractivity contribution in [3.05, 3.63) is 108 Å². The molecule has 3 aromatic rings. The summed E-state index contributed by atoms with van der Waals surface area (Å²) in [5.74, 6) is -9.17. The predicted molar refractivity (Wildman–Crippen MR) is 323 cm³/mol. The Labute approximate surface area is 542 Å². The minimum Gasteiger partial charge on any atom is -0.468 e. The third-order valence-electron chi connectivity index (χ3n) is 14.9. The lowest BCUT2D eigenvalue weighted by Crippen LogP contribution is -2.54. The van der Waals surface area contributed by atoms with Crippen molar-refractivity contribution in [1.82, 2.24) is 24.9 Å². The van der Waals surface area contributed by atoms with Gasteiger partial charge in [0.2, 0.25) is 0 Å². The molecular formula is C64H85F4N5O21. The van der Waals surface area contributed by atoms with Gasteiger partial charge in [0.1, 0.15) is 61.4 Å². The Balaban J connectivity index is 0.000000254. The first-order valence-electron chi connectivity index (χ1n) is 30.1. The average molecular weight is 1340 g/mol. The number of ether oxygens (including phenoxy) is 9.